The van der Waals surface area contributed by atoms with Gasteiger partial charge in [-0.05, 0) is 41.0 Å². The predicted molar refractivity (Wildman–Crippen MR) is 104 cm³/mol. The number of fused-ring (bicyclic) bond motifs is 1. The van der Waals surface area contributed by atoms with Gasteiger partial charge in [-0.2, -0.15) is 0 Å². The zero-order chi connectivity index (χ0) is 19.8. The van der Waals surface area contributed by atoms with E-state index in [0.29, 0.717) is 17.7 Å². The van der Waals surface area contributed by atoms with Gasteiger partial charge in [-0.15, -0.1) is 0 Å². The van der Waals surface area contributed by atoms with Gasteiger partial charge in [0.05, 0.1) is 0 Å². The largest absolute Gasteiger partial charge is 0.482 e. The summed E-state index contributed by atoms with van der Waals surface area (Å²) < 4.78 is 23.8. The van der Waals surface area contributed by atoms with Gasteiger partial charge < -0.3 is 14.8 Å². The lowest BCUT2D eigenvalue weighted by molar-refractivity contribution is -0.150. The van der Waals surface area contributed by atoms with Crippen molar-refractivity contribution in [2.75, 3.05) is 19.8 Å². The fourth-order valence-electron chi connectivity index (χ4n) is 2.68. The van der Waals surface area contributed by atoms with E-state index in [1.807, 2.05) is 36.4 Å². The highest BCUT2D eigenvalue weighted by molar-refractivity contribution is 5.84. The highest BCUT2D eigenvalue weighted by Gasteiger charge is 2.09. The van der Waals surface area contributed by atoms with Crippen LogP contribution in [0.2, 0.25) is 0 Å². The molecule has 3 aromatic carbocycles. The van der Waals surface area contributed by atoms with E-state index >= 15 is 0 Å². The summed E-state index contributed by atoms with van der Waals surface area (Å²) in [7, 11) is 0. The smallest absolute Gasteiger partial charge is 0.344 e. The highest BCUT2D eigenvalue weighted by Crippen LogP contribution is 2.20. The molecule has 3 rings (SSSR count). The molecule has 0 saturated carbocycles. The van der Waals surface area contributed by atoms with Gasteiger partial charge in [-0.1, -0.05) is 48.5 Å². The molecule has 0 saturated heterocycles. The summed E-state index contributed by atoms with van der Waals surface area (Å²) in [5.41, 5.74) is 0.517. The van der Waals surface area contributed by atoms with Gasteiger partial charge in [0, 0.05) is 6.54 Å². The number of carbonyl (C=O) groups is 2. The highest BCUT2D eigenvalue weighted by atomic mass is 19.1. The van der Waals surface area contributed by atoms with Crippen LogP contribution in [0.3, 0.4) is 0 Å². The van der Waals surface area contributed by atoms with Crippen LogP contribution in [0.1, 0.15) is 5.56 Å². The number of benzene rings is 3. The van der Waals surface area contributed by atoms with E-state index in [-0.39, 0.29) is 19.0 Å². The Morgan fingerprint density at radius 1 is 0.893 bits per heavy atom. The minimum atomic E-state index is -0.641. The second-order valence-corrected chi connectivity index (χ2v) is 6.15. The summed E-state index contributed by atoms with van der Waals surface area (Å²) >= 11 is 0. The standard InChI is InChI=1S/C22H20FNO4/c23-20-8-4-3-6-17(20)11-12-24-21(25)14-28-22(26)15-27-19-10-9-16-5-1-2-7-18(16)13-19/h1-10,13H,11-12,14-15H2,(H,24,25). The van der Waals surface area contributed by atoms with Gasteiger partial charge in [-0.3, -0.25) is 4.79 Å². The third kappa shape index (κ3) is 5.54. The van der Waals surface area contributed by atoms with Gasteiger partial charge >= 0.3 is 5.97 Å². The molecule has 28 heavy (non-hydrogen) atoms. The topological polar surface area (TPSA) is 64.6 Å². The molecule has 0 aliphatic carbocycles. The van der Waals surface area contributed by atoms with Crippen LogP contribution in [0, 0.1) is 5.82 Å². The van der Waals surface area contributed by atoms with Crippen molar-refractivity contribution in [3.8, 4) is 5.75 Å². The fourth-order valence-corrected chi connectivity index (χ4v) is 2.68. The average Bonchev–Trinajstić information content (AvgIpc) is 2.72. The second-order valence-electron chi connectivity index (χ2n) is 6.15. The number of ether oxygens (including phenoxy) is 2. The zero-order valence-corrected chi connectivity index (χ0v) is 15.2. The Morgan fingerprint density at radius 2 is 1.64 bits per heavy atom. The molecule has 0 aliphatic heterocycles. The summed E-state index contributed by atoms with van der Waals surface area (Å²) in [6, 6.07) is 19.7. The number of carbonyl (C=O) groups excluding carboxylic acids is 2. The minimum absolute atomic E-state index is 0.255. The summed E-state index contributed by atoms with van der Waals surface area (Å²) in [4.78, 5) is 23.5. The van der Waals surface area contributed by atoms with Crippen LogP contribution in [0.5, 0.6) is 5.75 Å². The minimum Gasteiger partial charge on any atom is -0.482 e. The molecule has 1 amide bonds. The third-order valence-electron chi connectivity index (χ3n) is 4.12. The first-order valence-corrected chi connectivity index (χ1v) is 8.89. The molecule has 144 valence electrons. The molecule has 5 nitrogen and oxygen atoms in total. The molecule has 6 heteroatoms. The molecule has 0 bridgehead atoms. The lowest BCUT2D eigenvalue weighted by Gasteiger charge is -2.09. The van der Waals surface area contributed by atoms with Crippen LogP contribution in [0.25, 0.3) is 10.8 Å². The van der Waals surface area contributed by atoms with E-state index in [9.17, 15) is 14.0 Å². The monoisotopic (exact) mass is 381 g/mol. The molecule has 0 aromatic heterocycles. The Hall–Kier alpha value is -3.41. The van der Waals surface area contributed by atoms with Crippen molar-refractivity contribution in [1.29, 1.82) is 0 Å². The molecule has 0 aliphatic rings. The number of nitrogens with one attached hydrogen (secondary N) is 1. The van der Waals surface area contributed by atoms with Crippen molar-refractivity contribution < 1.29 is 23.5 Å². The van der Waals surface area contributed by atoms with Gasteiger partial charge in [-0.25, -0.2) is 9.18 Å². The second kappa shape index (κ2) is 9.50. The molecule has 1 N–H and O–H groups in total. The van der Waals surface area contributed by atoms with Crippen molar-refractivity contribution >= 4 is 22.6 Å². The average molecular weight is 381 g/mol. The van der Waals surface area contributed by atoms with E-state index < -0.39 is 18.5 Å². The van der Waals surface area contributed by atoms with E-state index in [1.54, 1.807) is 24.3 Å². The molecule has 0 atom stereocenters. The normalized spacial score (nSPS) is 10.5. The first-order valence-electron chi connectivity index (χ1n) is 8.89. The van der Waals surface area contributed by atoms with Crippen LogP contribution >= 0.6 is 0 Å². The molecule has 0 fully saturated rings. The Kier molecular flexibility index (Phi) is 6.57. The van der Waals surface area contributed by atoms with Crippen molar-refractivity contribution in [3.63, 3.8) is 0 Å². The third-order valence-corrected chi connectivity index (χ3v) is 4.12. The maximum absolute atomic E-state index is 13.5. The van der Waals surface area contributed by atoms with E-state index in [2.05, 4.69) is 5.32 Å². The van der Waals surface area contributed by atoms with E-state index in [4.69, 9.17) is 9.47 Å². The Bertz CT molecular complexity index is 973. The molecular formula is C22H20FNO4. The summed E-state index contributed by atoms with van der Waals surface area (Å²) in [5, 5.41) is 4.66. The van der Waals surface area contributed by atoms with Crippen molar-refractivity contribution in [2.45, 2.75) is 6.42 Å². The number of esters is 1. The van der Waals surface area contributed by atoms with E-state index in [0.717, 1.165) is 10.8 Å². The molecule has 0 radical (unpaired) electrons. The van der Waals surface area contributed by atoms with Gasteiger partial charge in [0.1, 0.15) is 11.6 Å². The first-order chi connectivity index (χ1) is 13.6. The van der Waals surface area contributed by atoms with Crippen LogP contribution in [-0.4, -0.2) is 31.6 Å². The van der Waals surface area contributed by atoms with Gasteiger partial charge in [0.25, 0.3) is 5.91 Å². The number of hydrogen-bond acceptors (Lipinski definition) is 4. The molecule has 0 spiro atoms. The van der Waals surface area contributed by atoms with Crippen LogP contribution in [0.15, 0.2) is 66.7 Å². The maximum Gasteiger partial charge on any atom is 0.344 e. The zero-order valence-electron chi connectivity index (χ0n) is 15.2. The van der Waals surface area contributed by atoms with E-state index in [1.165, 1.54) is 6.07 Å². The van der Waals surface area contributed by atoms with Crippen LogP contribution in [-0.2, 0) is 20.7 Å². The van der Waals surface area contributed by atoms with Crippen molar-refractivity contribution in [1.82, 2.24) is 5.32 Å². The Labute approximate surface area is 162 Å². The molecule has 0 unspecified atom stereocenters. The Balaban J connectivity index is 1.36. The van der Waals surface area contributed by atoms with Gasteiger partial charge in [0.15, 0.2) is 13.2 Å². The SMILES string of the molecule is O=C(COC(=O)COc1ccc2ccccc2c1)NCCc1ccccc1F. The molecule has 3 aromatic rings. The summed E-state index contributed by atoms with van der Waals surface area (Å²) in [5.74, 6) is -0.855. The number of halogens is 1. The predicted octanol–water partition coefficient (Wildman–Crippen LogP) is 3.26. The lowest BCUT2D eigenvalue weighted by atomic mass is 10.1. The lowest BCUT2D eigenvalue weighted by Crippen LogP contribution is -2.31. The van der Waals surface area contributed by atoms with Crippen molar-refractivity contribution in [2.24, 2.45) is 0 Å². The number of hydrogen-bond donors (Lipinski definition) is 1. The number of amides is 1. The quantitative estimate of drug-likeness (QED) is 0.609. The number of rotatable bonds is 8. The fraction of sp³-hybridized carbons (Fsp3) is 0.182. The van der Waals surface area contributed by atoms with Gasteiger partial charge in [0.2, 0.25) is 0 Å². The Morgan fingerprint density at radius 3 is 2.46 bits per heavy atom. The summed E-state index contributed by atoms with van der Waals surface area (Å²) in [6.45, 7) is -0.442. The maximum atomic E-state index is 13.5. The van der Waals surface area contributed by atoms with Crippen LogP contribution < -0.4 is 10.1 Å². The molecular weight excluding hydrogens is 361 g/mol. The van der Waals surface area contributed by atoms with Crippen molar-refractivity contribution in [3.05, 3.63) is 78.1 Å². The summed E-state index contributed by atoms with van der Waals surface area (Å²) in [6.07, 6.45) is 0.359. The molecule has 0 heterocycles. The van der Waals surface area contributed by atoms with Crippen LogP contribution in [0.4, 0.5) is 4.39 Å². The first kappa shape index (κ1) is 19.4.